The number of carbonyl (C=O) groups excluding carboxylic acids is 1. The van der Waals surface area contributed by atoms with Crippen molar-refractivity contribution < 1.29 is 13.2 Å². The quantitative estimate of drug-likeness (QED) is 0.884. The van der Waals surface area contributed by atoms with Crippen LogP contribution in [0.4, 0.5) is 0 Å². The van der Waals surface area contributed by atoms with Crippen molar-refractivity contribution in [2.45, 2.75) is 25.2 Å². The van der Waals surface area contributed by atoms with Crippen LogP contribution in [0.1, 0.15) is 30.6 Å². The van der Waals surface area contributed by atoms with Gasteiger partial charge in [-0.25, -0.2) is 13.6 Å². The van der Waals surface area contributed by atoms with Crippen molar-refractivity contribution in [2.75, 3.05) is 13.6 Å². The molecule has 0 radical (unpaired) electrons. The van der Waals surface area contributed by atoms with Crippen molar-refractivity contribution >= 4 is 39.1 Å². The summed E-state index contributed by atoms with van der Waals surface area (Å²) in [5, 5.41) is 4.87. The van der Waals surface area contributed by atoms with Crippen molar-refractivity contribution in [2.24, 2.45) is 11.1 Å². The second kappa shape index (κ2) is 6.96. The largest absolute Gasteiger partial charge is 0.341 e. The number of carbonyl (C=O) groups is 1. The molecule has 0 aromatic heterocycles. The average Bonchev–Trinajstić information content (AvgIpc) is 2.39. The molecule has 0 aliphatic heterocycles. The van der Waals surface area contributed by atoms with E-state index >= 15 is 0 Å². The van der Waals surface area contributed by atoms with Gasteiger partial charge >= 0.3 is 0 Å². The molecule has 1 atom stereocenters. The number of rotatable bonds is 5. The van der Waals surface area contributed by atoms with Crippen LogP contribution in [0.2, 0.25) is 10.0 Å². The van der Waals surface area contributed by atoms with Crippen molar-refractivity contribution in [3.8, 4) is 0 Å². The second-order valence-electron chi connectivity index (χ2n) is 5.01. The Kier molecular flexibility index (Phi) is 6.04. The van der Waals surface area contributed by atoms with E-state index in [-0.39, 0.29) is 26.4 Å². The monoisotopic (exact) mass is 352 g/mol. The molecule has 0 bridgehead atoms. The summed E-state index contributed by atoms with van der Waals surface area (Å²) < 4.78 is 23.0. The van der Waals surface area contributed by atoms with Gasteiger partial charge in [-0.3, -0.25) is 4.79 Å². The Bertz CT molecular complexity index is 647. The molecular formula is C13H18Cl2N2O3S. The second-order valence-corrected chi connectivity index (χ2v) is 7.33. The summed E-state index contributed by atoms with van der Waals surface area (Å²) in [7, 11) is -2.41. The fraction of sp³-hybridized carbons (Fsp3) is 0.462. The normalized spacial score (nSPS) is 13.0. The lowest BCUT2D eigenvalue weighted by atomic mass is 10.1. The molecule has 0 fully saturated rings. The first-order valence-electron chi connectivity index (χ1n) is 6.35. The number of benzene rings is 1. The van der Waals surface area contributed by atoms with E-state index in [1.54, 1.807) is 7.05 Å². The molecule has 1 unspecified atom stereocenters. The summed E-state index contributed by atoms with van der Waals surface area (Å²) in [6, 6.07) is 2.49. The van der Waals surface area contributed by atoms with Crippen LogP contribution >= 0.6 is 23.2 Å². The van der Waals surface area contributed by atoms with Gasteiger partial charge in [-0.15, -0.1) is 0 Å². The molecule has 0 aliphatic rings. The molecule has 21 heavy (non-hydrogen) atoms. The van der Waals surface area contributed by atoms with Gasteiger partial charge in [0.25, 0.3) is 5.91 Å². The summed E-state index contributed by atoms with van der Waals surface area (Å²) in [6.45, 7) is 4.61. The van der Waals surface area contributed by atoms with Gasteiger partial charge in [-0.1, -0.05) is 43.5 Å². The lowest BCUT2D eigenvalue weighted by Crippen LogP contribution is -2.31. The fourth-order valence-electron chi connectivity index (χ4n) is 1.79. The molecule has 1 aromatic carbocycles. The highest BCUT2D eigenvalue weighted by atomic mass is 35.5. The fourth-order valence-corrected chi connectivity index (χ4v) is 3.15. The number of nitrogens with zero attached hydrogens (tertiary/aromatic N) is 1. The Labute approximate surface area is 135 Å². The number of sulfonamides is 1. The van der Waals surface area contributed by atoms with Crippen molar-refractivity contribution in [3.63, 3.8) is 0 Å². The Morgan fingerprint density at radius 3 is 2.43 bits per heavy atom. The van der Waals surface area contributed by atoms with Crippen LogP contribution in [0.25, 0.3) is 0 Å². The first-order valence-corrected chi connectivity index (χ1v) is 8.65. The molecule has 1 aromatic rings. The van der Waals surface area contributed by atoms with Crippen molar-refractivity contribution in [1.82, 2.24) is 4.90 Å². The van der Waals surface area contributed by atoms with Crippen LogP contribution in [0, 0.1) is 5.92 Å². The maximum Gasteiger partial charge on any atom is 0.253 e. The van der Waals surface area contributed by atoms with Crippen LogP contribution in [0.15, 0.2) is 17.0 Å². The first kappa shape index (κ1) is 18.2. The summed E-state index contributed by atoms with van der Waals surface area (Å²) >= 11 is 11.7. The standard InChI is InChI=1S/C13H18Cl2N2O3S/c1-4-8(2)7-17(3)13(18)9-5-10(14)12(15)11(6-9)21(16,19)20/h5-6,8H,4,7H2,1-3H3,(H2,16,19,20). The van der Waals surface area contributed by atoms with E-state index in [0.29, 0.717) is 12.5 Å². The molecule has 2 N–H and O–H groups in total. The van der Waals surface area contributed by atoms with Crippen LogP contribution in [-0.4, -0.2) is 32.8 Å². The SMILES string of the molecule is CCC(C)CN(C)C(=O)c1cc(Cl)c(Cl)c(S(N)(=O)=O)c1. The van der Waals surface area contributed by atoms with Gasteiger partial charge in [-0.2, -0.15) is 0 Å². The molecular weight excluding hydrogens is 335 g/mol. The Morgan fingerprint density at radius 2 is 1.95 bits per heavy atom. The minimum atomic E-state index is -4.05. The molecule has 1 amide bonds. The summed E-state index contributed by atoms with van der Waals surface area (Å²) in [5.41, 5.74) is 0.138. The number of primary sulfonamides is 1. The molecule has 118 valence electrons. The molecule has 0 spiro atoms. The van der Waals surface area contributed by atoms with Crippen LogP contribution in [-0.2, 0) is 10.0 Å². The highest BCUT2D eigenvalue weighted by Gasteiger charge is 2.21. The van der Waals surface area contributed by atoms with Gasteiger partial charge in [0.1, 0.15) is 4.90 Å². The highest BCUT2D eigenvalue weighted by molar-refractivity contribution is 7.89. The number of hydrogen-bond acceptors (Lipinski definition) is 3. The molecule has 8 heteroatoms. The number of nitrogens with two attached hydrogens (primary N) is 1. The predicted molar refractivity (Wildman–Crippen MR) is 84.3 cm³/mol. The third-order valence-corrected chi connectivity index (χ3v) is 5.03. The number of hydrogen-bond donors (Lipinski definition) is 1. The topological polar surface area (TPSA) is 80.5 Å². The molecule has 0 saturated heterocycles. The molecule has 0 aliphatic carbocycles. The van der Waals surface area contributed by atoms with E-state index < -0.39 is 10.0 Å². The van der Waals surface area contributed by atoms with E-state index in [9.17, 15) is 13.2 Å². The van der Waals surface area contributed by atoms with Crippen molar-refractivity contribution in [1.29, 1.82) is 0 Å². The Hall–Kier alpha value is -0.820. The maximum atomic E-state index is 12.3. The van der Waals surface area contributed by atoms with Crippen molar-refractivity contribution in [3.05, 3.63) is 27.7 Å². The van der Waals surface area contributed by atoms with Crippen LogP contribution in [0.3, 0.4) is 0 Å². The van der Waals surface area contributed by atoms with Gasteiger partial charge in [0.15, 0.2) is 0 Å². The molecule has 5 nitrogen and oxygen atoms in total. The molecule has 0 saturated carbocycles. The van der Waals surface area contributed by atoms with Gasteiger partial charge < -0.3 is 4.90 Å². The lowest BCUT2D eigenvalue weighted by Gasteiger charge is -2.21. The van der Waals surface area contributed by atoms with Gasteiger partial charge in [-0.05, 0) is 18.1 Å². The summed E-state index contributed by atoms with van der Waals surface area (Å²) in [5.74, 6) is -0.00167. The van der Waals surface area contributed by atoms with E-state index in [1.807, 2.05) is 13.8 Å². The lowest BCUT2D eigenvalue weighted by molar-refractivity contribution is 0.0774. The zero-order chi connectivity index (χ0) is 16.4. The molecule has 1 rings (SSSR count). The number of amides is 1. The van der Waals surface area contributed by atoms with Gasteiger partial charge in [0.05, 0.1) is 10.0 Å². The minimum absolute atomic E-state index is 0.0246. The van der Waals surface area contributed by atoms with E-state index in [0.717, 1.165) is 12.5 Å². The third-order valence-electron chi connectivity index (χ3n) is 3.18. The maximum absolute atomic E-state index is 12.3. The minimum Gasteiger partial charge on any atom is -0.341 e. The first-order chi connectivity index (χ1) is 9.57. The highest BCUT2D eigenvalue weighted by Crippen LogP contribution is 2.30. The van der Waals surface area contributed by atoms with Crippen LogP contribution < -0.4 is 5.14 Å². The number of halogens is 2. The van der Waals surface area contributed by atoms with E-state index in [4.69, 9.17) is 28.3 Å². The van der Waals surface area contributed by atoms with Crippen LogP contribution in [0.5, 0.6) is 0 Å². The Morgan fingerprint density at radius 1 is 1.38 bits per heavy atom. The van der Waals surface area contributed by atoms with Gasteiger partial charge in [0.2, 0.25) is 10.0 Å². The van der Waals surface area contributed by atoms with E-state index in [1.165, 1.54) is 11.0 Å². The van der Waals surface area contributed by atoms with Gasteiger partial charge in [0, 0.05) is 19.2 Å². The van der Waals surface area contributed by atoms with E-state index in [2.05, 4.69) is 0 Å². The molecule has 0 heterocycles. The zero-order valence-electron chi connectivity index (χ0n) is 12.1. The Balaban J connectivity index is 3.20. The summed E-state index contributed by atoms with van der Waals surface area (Å²) in [4.78, 5) is 13.5. The smallest absolute Gasteiger partial charge is 0.253 e. The summed E-state index contributed by atoms with van der Waals surface area (Å²) in [6.07, 6.45) is 0.932. The predicted octanol–water partition coefficient (Wildman–Crippen LogP) is 2.76. The average molecular weight is 353 g/mol. The zero-order valence-corrected chi connectivity index (χ0v) is 14.4. The third kappa shape index (κ3) is 4.57.